The molecule has 2 heterocycles. The van der Waals surface area contributed by atoms with Crippen molar-refractivity contribution in [1.82, 2.24) is 19.5 Å². The van der Waals surface area contributed by atoms with Crippen LogP contribution >= 0.6 is 11.5 Å². The van der Waals surface area contributed by atoms with Gasteiger partial charge in [0.25, 0.3) is 11.8 Å². The Bertz CT molecular complexity index is 871. The molecule has 7 nitrogen and oxygen atoms in total. The first kappa shape index (κ1) is 20.8. The van der Waals surface area contributed by atoms with Crippen LogP contribution in [0.2, 0.25) is 0 Å². The molecule has 3 N–H and O–H groups in total. The van der Waals surface area contributed by atoms with E-state index < -0.39 is 0 Å². The molecule has 2 aliphatic rings. The molecule has 1 aromatic heterocycles. The number of nitrogens with two attached hydrogens (primary N) is 1. The first-order chi connectivity index (χ1) is 14.6. The molecule has 0 bridgehead atoms. The third-order valence-corrected chi connectivity index (χ3v) is 6.98. The molecular formula is C22H29N5O2S. The molecule has 30 heavy (non-hydrogen) atoms. The zero-order valence-corrected chi connectivity index (χ0v) is 18.0. The van der Waals surface area contributed by atoms with Crippen molar-refractivity contribution in [3.8, 4) is 0 Å². The van der Waals surface area contributed by atoms with Gasteiger partial charge in [-0.1, -0.05) is 49.6 Å². The smallest absolute Gasteiger partial charge is 0.273 e. The van der Waals surface area contributed by atoms with Gasteiger partial charge in [-0.15, -0.1) is 0 Å². The minimum absolute atomic E-state index is 0.115. The van der Waals surface area contributed by atoms with E-state index in [4.69, 9.17) is 5.73 Å². The fourth-order valence-electron chi connectivity index (χ4n) is 4.36. The van der Waals surface area contributed by atoms with Crippen molar-refractivity contribution in [1.29, 1.82) is 0 Å². The van der Waals surface area contributed by atoms with Crippen LogP contribution in [0.5, 0.6) is 0 Å². The Morgan fingerprint density at radius 3 is 2.47 bits per heavy atom. The monoisotopic (exact) mass is 427 g/mol. The summed E-state index contributed by atoms with van der Waals surface area (Å²) in [5.74, 6) is -0.468. The highest BCUT2D eigenvalue weighted by atomic mass is 32.1. The summed E-state index contributed by atoms with van der Waals surface area (Å²) in [4.78, 5) is 30.2. The number of carbonyl (C=O) groups excluding carboxylic acids is 2. The van der Waals surface area contributed by atoms with Crippen LogP contribution < -0.4 is 11.1 Å². The Labute approximate surface area is 181 Å². The van der Waals surface area contributed by atoms with Crippen molar-refractivity contribution in [3.63, 3.8) is 0 Å². The van der Waals surface area contributed by atoms with Gasteiger partial charge in [0.15, 0.2) is 5.69 Å². The van der Waals surface area contributed by atoms with Crippen molar-refractivity contribution in [2.45, 2.75) is 44.7 Å². The molecular weight excluding hydrogens is 398 g/mol. The second-order valence-corrected chi connectivity index (χ2v) is 8.84. The van der Waals surface area contributed by atoms with E-state index in [1.165, 1.54) is 32.1 Å². The van der Waals surface area contributed by atoms with Gasteiger partial charge in [0, 0.05) is 38.8 Å². The number of anilines is 1. The maximum absolute atomic E-state index is 13.0. The maximum Gasteiger partial charge on any atom is 0.273 e. The number of piperazine rings is 1. The number of nitrogen functional groups attached to an aromatic ring is 1. The van der Waals surface area contributed by atoms with Gasteiger partial charge in [0.1, 0.15) is 4.88 Å². The van der Waals surface area contributed by atoms with Crippen LogP contribution in [0.1, 0.15) is 57.8 Å². The van der Waals surface area contributed by atoms with Gasteiger partial charge >= 0.3 is 0 Å². The number of amides is 2. The van der Waals surface area contributed by atoms with Crippen LogP contribution in [0.3, 0.4) is 0 Å². The topological polar surface area (TPSA) is 91.6 Å². The number of aromatic nitrogens is 1. The number of nitrogens with zero attached hydrogens (tertiary/aromatic N) is 3. The summed E-state index contributed by atoms with van der Waals surface area (Å²) in [6.07, 6.45) is 6.53. The number of hydrogen-bond acceptors (Lipinski definition) is 6. The van der Waals surface area contributed by atoms with Crippen molar-refractivity contribution in [2.24, 2.45) is 0 Å². The Hall–Kier alpha value is -2.45. The summed E-state index contributed by atoms with van der Waals surface area (Å²) in [5, 5.41) is 2.82. The van der Waals surface area contributed by atoms with Crippen LogP contribution in [0.4, 0.5) is 5.69 Å². The number of hydrogen-bond donors (Lipinski definition) is 2. The summed E-state index contributed by atoms with van der Waals surface area (Å²) in [7, 11) is 0. The van der Waals surface area contributed by atoms with E-state index in [-0.39, 0.29) is 23.2 Å². The fourth-order valence-corrected chi connectivity index (χ4v) is 5.12. The average molecular weight is 428 g/mol. The van der Waals surface area contributed by atoms with Gasteiger partial charge < -0.3 is 16.0 Å². The largest absolute Gasteiger partial charge is 0.395 e. The van der Waals surface area contributed by atoms with Crippen LogP contribution in [0, 0.1) is 0 Å². The molecule has 1 saturated heterocycles. The molecule has 160 valence electrons. The van der Waals surface area contributed by atoms with Gasteiger partial charge in [-0.05, 0) is 29.9 Å². The van der Waals surface area contributed by atoms with Crippen molar-refractivity contribution in [2.75, 3.05) is 31.9 Å². The van der Waals surface area contributed by atoms with Crippen molar-refractivity contribution < 1.29 is 9.59 Å². The van der Waals surface area contributed by atoms with Crippen molar-refractivity contribution in [3.05, 3.63) is 46.5 Å². The molecule has 0 radical (unpaired) electrons. The Morgan fingerprint density at radius 2 is 1.77 bits per heavy atom. The molecule has 1 aliphatic heterocycles. The van der Waals surface area contributed by atoms with Gasteiger partial charge in [-0.2, -0.15) is 4.37 Å². The second kappa shape index (κ2) is 9.57. The first-order valence-corrected chi connectivity index (χ1v) is 11.5. The second-order valence-electron chi connectivity index (χ2n) is 8.06. The molecule has 2 aromatic rings. The minimum atomic E-state index is -0.353. The van der Waals surface area contributed by atoms with Gasteiger partial charge in [0.05, 0.1) is 5.69 Å². The van der Waals surface area contributed by atoms with Crippen molar-refractivity contribution >= 4 is 29.0 Å². The molecule has 8 heteroatoms. The first-order valence-electron chi connectivity index (χ1n) is 10.7. The molecule has 0 spiro atoms. The van der Waals surface area contributed by atoms with E-state index in [9.17, 15) is 9.59 Å². The van der Waals surface area contributed by atoms with Gasteiger partial charge in [0.2, 0.25) is 0 Å². The van der Waals surface area contributed by atoms with E-state index in [2.05, 4.69) is 14.6 Å². The number of nitrogens with one attached hydrogen (secondary N) is 1. The van der Waals surface area contributed by atoms with Crippen LogP contribution in [-0.2, 0) is 6.54 Å². The molecule has 4 rings (SSSR count). The van der Waals surface area contributed by atoms with E-state index in [0.717, 1.165) is 30.2 Å². The van der Waals surface area contributed by atoms with Gasteiger partial charge in [-0.25, -0.2) is 0 Å². The zero-order chi connectivity index (χ0) is 20.9. The molecule has 2 fully saturated rings. The Morgan fingerprint density at radius 1 is 1.07 bits per heavy atom. The molecule has 1 saturated carbocycles. The van der Waals surface area contributed by atoms with E-state index in [1.807, 2.05) is 35.2 Å². The average Bonchev–Trinajstić information content (AvgIpc) is 3.19. The number of benzene rings is 1. The molecule has 1 aromatic carbocycles. The zero-order valence-electron chi connectivity index (χ0n) is 17.2. The quantitative estimate of drug-likeness (QED) is 0.766. The van der Waals surface area contributed by atoms with E-state index >= 15 is 0 Å². The van der Waals surface area contributed by atoms with E-state index in [1.54, 1.807) is 0 Å². The molecule has 0 atom stereocenters. The lowest BCUT2D eigenvalue weighted by atomic mass is 9.94. The normalized spacial score (nSPS) is 18.3. The summed E-state index contributed by atoms with van der Waals surface area (Å²) >= 11 is 1.02. The SMILES string of the molecule is Nc1c(C(=O)NCc2ccccc2)nsc1C(=O)N1CCN(C2CCCCC2)CC1. The summed E-state index contributed by atoms with van der Waals surface area (Å²) in [5.41, 5.74) is 7.47. The summed E-state index contributed by atoms with van der Waals surface area (Å²) < 4.78 is 4.18. The van der Waals surface area contributed by atoms with Crippen LogP contribution in [0.25, 0.3) is 0 Å². The standard InChI is InChI=1S/C22H29N5O2S/c23-18-19(21(28)24-15-16-7-3-1-4-8-16)25-30-20(18)22(29)27-13-11-26(12-14-27)17-9-5-2-6-10-17/h1,3-4,7-8,17H,2,5-6,9-15,23H2,(H,24,28). The maximum atomic E-state index is 13.0. The van der Waals surface area contributed by atoms with Crippen LogP contribution in [-0.4, -0.2) is 58.2 Å². The highest BCUT2D eigenvalue weighted by molar-refractivity contribution is 7.09. The Kier molecular flexibility index (Phi) is 6.64. The molecule has 2 amide bonds. The van der Waals surface area contributed by atoms with E-state index in [0.29, 0.717) is 30.6 Å². The highest BCUT2D eigenvalue weighted by Gasteiger charge is 2.30. The highest BCUT2D eigenvalue weighted by Crippen LogP contribution is 2.26. The lowest BCUT2D eigenvalue weighted by molar-refractivity contribution is 0.0528. The number of carbonyl (C=O) groups is 2. The fraction of sp³-hybridized carbons (Fsp3) is 0.500. The minimum Gasteiger partial charge on any atom is -0.395 e. The number of rotatable bonds is 5. The predicted octanol–water partition coefficient (Wildman–Crippen LogP) is 2.75. The summed E-state index contributed by atoms with van der Waals surface area (Å²) in [6, 6.07) is 10.3. The third-order valence-electron chi connectivity index (χ3n) is 6.13. The molecule has 0 unspecified atom stereocenters. The predicted molar refractivity (Wildman–Crippen MR) is 118 cm³/mol. The third kappa shape index (κ3) is 4.65. The lowest BCUT2D eigenvalue weighted by Gasteiger charge is -2.40. The van der Waals surface area contributed by atoms with Crippen LogP contribution in [0.15, 0.2) is 30.3 Å². The summed E-state index contributed by atoms with van der Waals surface area (Å²) in [6.45, 7) is 3.59. The molecule has 1 aliphatic carbocycles. The lowest BCUT2D eigenvalue weighted by Crippen LogP contribution is -2.52. The van der Waals surface area contributed by atoms with Gasteiger partial charge in [-0.3, -0.25) is 14.5 Å². The Balaban J connectivity index is 1.34.